The van der Waals surface area contributed by atoms with Crippen LogP contribution in [0.5, 0.6) is 0 Å². The summed E-state index contributed by atoms with van der Waals surface area (Å²) in [5.41, 5.74) is 0. The second-order valence-electron chi connectivity index (χ2n) is 4.15. The number of methoxy groups -OCH3 is 1. The van der Waals surface area contributed by atoms with Crippen LogP contribution >= 0.6 is 15.9 Å². The van der Waals surface area contributed by atoms with Gasteiger partial charge in [0.15, 0.2) is 0 Å². The maximum absolute atomic E-state index is 11.1. The number of alkyl halides is 1. The molecule has 1 fully saturated rings. The van der Waals surface area contributed by atoms with E-state index in [2.05, 4.69) is 26.0 Å². The highest BCUT2D eigenvalue weighted by molar-refractivity contribution is 9.10. The van der Waals surface area contributed by atoms with Crippen molar-refractivity contribution in [1.82, 2.24) is 5.32 Å². The van der Waals surface area contributed by atoms with Crippen LogP contribution in [0.15, 0.2) is 0 Å². The monoisotopic (exact) mass is 277 g/mol. The second-order valence-corrected chi connectivity index (χ2v) is 5.26. The van der Waals surface area contributed by atoms with E-state index in [4.69, 9.17) is 0 Å². The van der Waals surface area contributed by atoms with Gasteiger partial charge in [0.1, 0.15) is 4.83 Å². The summed E-state index contributed by atoms with van der Waals surface area (Å²) in [4.78, 5) is 10.9. The van der Waals surface area contributed by atoms with Crippen molar-refractivity contribution in [3.05, 3.63) is 0 Å². The van der Waals surface area contributed by atoms with E-state index >= 15 is 0 Å². The molecule has 0 aliphatic heterocycles. The predicted molar refractivity (Wildman–Crippen MR) is 64.2 cm³/mol. The minimum Gasteiger partial charge on any atom is -0.468 e. The molecule has 1 atom stereocenters. The Morgan fingerprint density at radius 1 is 1.47 bits per heavy atom. The van der Waals surface area contributed by atoms with E-state index in [1.807, 2.05) is 0 Å². The van der Waals surface area contributed by atoms with Gasteiger partial charge in [-0.2, -0.15) is 0 Å². The third kappa shape index (κ3) is 4.98. The number of carbonyl (C=O) groups excluding carboxylic acids is 1. The molecule has 1 aliphatic rings. The molecule has 1 aliphatic carbocycles. The Morgan fingerprint density at radius 3 is 2.73 bits per heavy atom. The summed E-state index contributed by atoms with van der Waals surface area (Å²) in [6.07, 6.45) is 6.78. The summed E-state index contributed by atoms with van der Waals surface area (Å²) in [6.45, 7) is 1.68. The molecule has 1 unspecified atom stereocenters. The average Bonchev–Trinajstić information content (AvgIpc) is 2.29. The Kier molecular flexibility index (Phi) is 6.25. The lowest BCUT2D eigenvalue weighted by Crippen LogP contribution is -2.33. The minimum absolute atomic E-state index is 0.203. The van der Waals surface area contributed by atoms with Crippen LogP contribution in [0.25, 0.3) is 0 Å². The molecule has 0 heterocycles. The molecular weight excluding hydrogens is 258 g/mol. The zero-order valence-corrected chi connectivity index (χ0v) is 10.9. The first-order valence-electron chi connectivity index (χ1n) is 5.66. The van der Waals surface area contributed by atoms with E-state index in [-0.39, 0.29) is 10.8 Å². The van der Waals surface area contributed by atoms with Crippen molar-refractivity contribution in [3.63, 3.8) is 0 Å². The van der Waals surface area contributed by atoms with Crippen molar-refractivity contribution >= 4 is 21.9 Å². The Bertz CT molecular complexity index is 193. The fourth-order valence-corrected chi connectivity index (χ4v) is 2.43. The summed E-state index contributed by atoms with van der Waals surface area (Å²) in [5.74, 6) is 0.599. The van der Waals surface area contributed by atoms with Crippen LogP contribution in [-0.2, 0) is 9.53 Å². The molecule has 88 valence electrons. The fourth-order valence-electron chi connectivity index (χ4n) is 2.02. The van der Waals surface area contributed by atoms with Crippen LogP contribution < -0.4 is 5.32 Å². The number of rotatable bonds is 5. The molecule has 1 rings (SSSR count). The van der Waals surface area contributed by atoms with E-state index in [1.165, 1.54) is 39.2 Å². The van der Waals surface area contributed by atoms with Gasteiger partial charge in [-0.1, -0.05) is 35.2 Å². The molecule has 0 amide bonds. The van der Waals surface area contributed by atoms with Crippen LogP contribution in [0.1, 0.15) is 32.1 Å². The number of ether oxygens (including phenoxy) is 1. The van der Waals surface area contributed by atoms with Crippen molar-refractivity contribution in [1.29, 1.82) is 0 Å². The van der Waals surface area contributed by atoms with E-state index in [0.717, 1.165) is 12.5 Å². The lowest BCUT2D eigenvalue weighted by molar-refractivity contribution is -0.139. The zero-order valence-electron chi connectivity index (χ0n) is 9.30. The van der Waals surface area contributed by atoms with Crippen molar-refractivity contribution < 1.29 is 9.53 Å². The molecule has 0 aromatic carbocycles. The second kappa shape index (κ2) is 7.23. The third-order valence-electron chi connectivity index (χ3n) is 2.94. The van der Waals surface area contributed by atoms with Gasteiger partial charge in [0.25, 0.3) is 0 Å². The Hall–Kier alpha value is -0.0900. The number of hydrogen-bond acceptors (Lipinski definition) is 3. The maximum atomic E-state index is 11.1. The molecule has 1 N–H and O–H groups in total. The standard InChI is InChI=1S/C11H20BrNO2/c1-15-11(14)10(12)8-13-7-9-5-3-2-4-6-9/h9-10,13H,2-8H2,1H3. The van der Waals surface area contributed by atoms with Crippen LogP contribution in [0.2, 0.25) is 0 Å². The number of carbonyl (C=O) groups is 1. The fraction of sp³-hybridized carbons (Fsp3) is 0.909. The Morgan fingerprint density at radius 2 is 2.13 bits per heavy atom. The first-order valence-corrected chi connectivity index (χ1v) is 6.58. The van der Waals surface area contributed by atoms with Gasteiger partial charge in [-0.15, -0.1) is 0 Å². The van der Waals surface area contributed by atoms with Gasteiger partial charge < -0.3 is 10.1 Å². The van der Waals surface area contributed by atoms with Crippen LogP contribution in [-0.4, -0.2) is 31.0 Å². The van der Waals surface area contributed by atoms with Crippen molar-refractivity contribution in [2.24, 2.45) is 5.92 Å². The van der Waals surface area contributed by atoms with E-state index in [0.29, 0.717) is 6.54 Å². The van der Waals surface area contributed by atoms with Gasteiger partial charge in [0, 0.05) is 6.54 Å². The lowest BCUT2D eigenvalue weighted by Gasteiger charge is -2.22. The van der Waals surface area contributed by atoms with Crippen LogP contribution in [0, 0.1) is 5.92 Å². The molecule has 0 spiro atoms. The number of esters is 1. The average molecular weight is 278 g/mol. The number of halogens is 1. The van der Waals surface area contributed by atoms with E-state index in [1.54, 1.807) is 0 Å². The highest BCUT2D eigenvalue weighted by Gasteiger charge is 2.16. The molecule has 15 heavy (non-hydrogen) atoms. The maximum Gasteiger partial charge on any atom is 0.320 e. The molecule has 0 bridgehead atoms. The molecule has 0 aromatic rings. The molecule has 1 saturated carbocycles. The van der Waals surface area contributed by atoms with Crippen LogP contribution in [0.4, 0.5) is 0 Å². The summed E-state index contributed by atoms with van der Waals surface area (Å²) in [7, 11) is 1.41. The summed E-state index contributed by atoms with van der Waals surface area (Å²) < 4.78 is 4.63. The smallest absolute Gasteiger partial charge is 0.320 e. The summed E-state index contributed by atoms with van der Waals surface area (Å²) in [5, 5.41) is 3.32. The first-order chi connectivity index (χ1) is 7.24. The number of nitrogens with one attached hydrogen (secondary N) is 1. The SMILES string of the molecule is COC(=O)C(Br)CNCC1CCCCC1. The summed E-state index contributed by atoms with van der Waals surface area (Å²) in [6, 6.07) is 0. The molecule has 0 saturated heterocycles. The molecule has 0 radical (unpaired) electrons. The molecule has 3 nitrogen and oxygen atoms in total. The first kappa shape index (κ1) is 13.0. The summed E-state index contributed by atoms with van der Waals surface area (Å²) >= 11 is 3.29. The topological polar surface area (TPSA) is 38.3 Å². The highest BCUT2D eigenvalue weighted by Crippen LogP contribution is 2.22. The van der Waals surface area contributed by atoms with E-state index in [9.17, 15) is 4.79 Å². The van der Waals surface area contributed by atoms with Crippen molar-refractivity contribution in [2.75, 3.05) is 20.2 Å². The van der Waals surface area contributed by atoms with Crippen molar-refractivity contribution in [3.8, 4) is 0 Å². The third-order valence-corrected chi connectivity index (χ3v) is 3.64. The largest absolute Gasteiger partial charge is 0.468 e. The van der Waals surface area contributed by atoms with Gasteiger partial charge in [-0.25, -0.2) is 0 Å². The normalized spacial score (nSPS) is 19.9. The minimum atomic E-state index is -0.217. The zero-order chi connectivity index (χ0) is 11.1. The molecule has 0 aromatic heterocycles. The van der Waals surface area contributed by atoms with Gasteiger partial charge in [0.2, 0.25) is 0 Å². The van der Waals surface area contributed by atoms with E-state index < -0.39 is 0 Å². The lowest BCUT2D eigenvalue weighted by atomic mass is 9.89. The Balaban J connectivity index is 2.07. The van der Waals surface area contributed by atoms with Gasteiger partial charge in [-0.3, -0.25) is 4.79 Å². The number of hydrogen-bond donors (Lipinski definition) is 1. The molecule has 4 heteroatoms. The predicted octanol–water partition coefficient (Wildman–Crippen LogP) is 2.09. The van der Waals surface area contributed by atoms with Gasteiger partial charge >= 0.3 is 5.97 Å². The van der Waals surface area contributed by atoms with Crippen molar-refractivity contribution in [2.45, 2.75) is 36.9 Å². The van der Waals surface area contributed by atoms with Gasteiger partial charge in [-0.05, 0) is 25.3 Å². The molecular formula is C11H20BrNO2. The quantitative estimate of drug-likeness (QED) is 0.618. The van der Waals surface area contributed by atoms with Crippen LogP contribution in [0.3, 0.4) is 0 Å². The highest BCUT2D eigenvalue weighted by atomic mass is 79.9. The van der Waals surface area contributed by atoms with Gasteiger partial charge in [0.05, 0.1) is 7.11 Å². The Labute approximate surface area is 100 Å².